The largest absolute Gasteiger partial charge is 0.496 e. The van der Waals surface area contributed by atoms with Gasteiger partial charge in [0.2, 0.25) is 5.91 Å². The van der Waals surface area contributed by atoms with Crippen LogP contribution >= 0.6 is 21.6 Å². The molecule has 1 aromatic rings. The van der Waals surface area contributed by atoms with Crippen molar-refractivity contribution in [1.29, 1.82) is 0 Å². The van der Waals surface area contributed by atoms with E-state index in [2.05, 4.69) is 5.32 Å². The molecule has 2 N–H and O–H groups in total. The molecule has 16 nitrogen and oxygen atoms in total. The molecule has 2 saturated heterocycles. The second kappa shape index (κ2) is 23.1. The third-order valence-corrected chi connectivity index (χ3v) is 16.1. The van der Waals surface area contributed by atoms with Gasteiger partial charge in [0, 0.05) is 62.3 Å². The van der Waals surface area contributed by atoms with Crippen molar-refractivity contribution in [3.8, 4) is 5.75 Å². The molecule has 1 aliphatic carbocycles. The summed E-state index contributed by atoms with van der Waals surface area (Å²) in [6.45, 7) is 8.84. The maximum atomic E-state index is 14.7. The van der Waals surface area contributed by atoms with Crippen LogP contribution in [-0.2, 0) is 49.4 Å². The number of hydrogen-bond acceptors (Lipinski definition) is 15. The number of carbonyl (C=O) groups is 6. The van der Waals surface area contributed by atoms with Crippen LogP contribution in [0.2, 0.25) is 0 Å². The van der Waals surface area contributed by atoms with E-state index in [4.69, 9.17) is 23.8 Å². The maximum absolute atomic E-state index is 14.7. The Labute approximate surface area is 403 Å². The minimum Gasteiger partial charge on any atom is -0.496 e. The van der Waals surface area contributed by atoms with E-state index in [1.54, 1.807) is 19.2 Å². The van der Waals surface area contributed by atoms with Crippen LogP contribution in [0.5, 0.6) is 5.75 Å². The number of imide groups is 1. The number of likely N-dealkylation sites (N-methyl/N-ethyl adjacent to an activating group) is 1. The number of allylic oxidation sites excluding steroid dienone is 3. The Morgan fingerprint density at radius 1 is 1.06 bits per heavy atom. The van der Waals surface area contributed by atoms with Gasteiger partial charge in [-0.1, -0.05) is 59.2 Å². The number of nitrogens with zero attached hydrogens (tertiary/aromatic N) is 3. The molecule has 4 amide bonds. The van der Waals surface area contributed by atoms with Gasteiger partial charge in [-0.05, 0) is 89.5 Å². The van der Waals surface area contributed by atoms with Gasteiger partial charge in [-0.3, -0.25) is 29.4 Å². The number of rotatable bonds is 15. The number of halogens is 3. The molecule has 0 aromatic heterocycles. The highest BCUT2D eigenvalue weighted by atomic mass is 33.1. The average Bonchev–Trinajstić information content (AvgIpc) is 3.83. The molecule has 5 rings (SSSR count). The number of fused-ring (bicyclic) bond motifs is 5. The molecular formula is C47H65F3N4O12S2. The van der Waals surface area contributed by atoms with Crippen LogP contribution in [0.4, 0.5) is 23.7 Å². The van der Waals surface area contributed by atoms with E-state index in [0.29, 0.717) is 53.5 Å². The molecule has 4 aliphatic rings. The minimum absolute atomic E-state index is 0.00650. The van der Waals surface area contributed by atoms with E-state index in [9.17, 15) is 47.0 Å². The van der Waals surface area contributed by atoms with Gasteiger partial charge in [0.25, 0.3) is 11.8 Å². The molecule has 9 atom stereocenters. The molecule has 3 fully saturated rings. The summed E-state index contributed by atoms with van der Waals surface area (Å²) in [6, 6.07) is 0.358. The number of nitrogens with one attached hydrogen (secondary N) is 1. The third kappa shape index (κ3) is 13.5. The SMILES string of the molecule is COc1cc2cc(c1C)N(C)C(=O)C[C@H](OC(=O)[C@H](C)N(C)C(CCSSCCCC(=O)ON1C(=O)CCC1=O)C(F)(F)F)[C@@]1(C)CC1C[C@H](C)C1C[C@@](O)(NC(=O)O1)[C@H](OC)/C=C/C=C(\C)C2. The number of aliphatic hydroxyl groups is 1. The number of methoxy groups -OCH3 is 2. The summed E-state index contributed by atoms with van der Waals surface area (Å²) in [5.74, 6) is -2.75. The lowest BCUT2D eigenvalue weighted by Crippen LogP contribution is -2.63. The summed E-state index contributed by atoms with van der Waals surface area (Å²) in [7, 11) is 8.23. The van der Waals surface area contributed by atoms with Crippen molar-refractivity contribution in [3.05, 3.63) is 47.1 Å². The lowest BCUT2D eigenvalue weighted by molar-refractivity contribution is -0.197. The summed E-state index contributed by atoms with van der Waals surface area (Å²) in [6.07, 6.45) is -2.09. The van der Waals surface area contributed by atoms with Gasteiger partial charge < -0.3 is 33.8 Å². The Morgan fingerprint density at radius 2 is 1.74 bits per heavy atom. The highest BCUT2D eigenvalue weighted by molar-refractivity contribution is 8.76. The first-order valence-electron chi connectivity index (χ1n) is 22.7. The minimum atomic E-state index is -4.71. The molecule has 3 heterocycles. The normalized spacial score (nSPS) is 29.2. The second-order valence-electron chi connectivity index (χ2n) is 18.6. The van der Waals surface area contributed by atoms with Crippen LogP contribution in [0, 0.1) is 24.2 Å². The Kier molecular flexibility index (Phi) is 18.5. The van der Waals surface area contributed by atoms with Crippen molar-refractivity contribution < 1.29 is 70.8 Å². The summed E-state index contributed by atoms with van der Waals surface area (Å²) >= 11 is 0. The van der Waals surface area contributed by atoms with Gasteiger partial charge in [-0.2, -0.15) is 13.2 Å². The highest BCUT2D eigenvalue weighted by Crippen LogP contribution is 2.60. The van der Waals surface area contributed by atoms with E-state index < -0.39 is 83.5 Å². The van der Waals surface area contributed by atoms with E-state index in [1.807, 2.05) is 45.9 Å². The fraction of sp³-hybridized carbons (Fsp3) is 0.660. The third-order valence-electron chi connectivity index (χ3n) is 13.6. The number of benzene rings is 1. The van der Waals surface area contributed by atoms with E-state index in [1.165, 1.54) is 54.7 Å². The smallest absolute Gasteiger partial charge is 0.409 e. The van der Waals surface area contributed by atoms with Crippen molar-refractivity contribution in [2.75, 3.05) is 44.7 Å². The van der Waals surface area contributed by atoms with E-state index >= 15 is 0 Å². The first-order valence-corrected chi connectivity index (χ1v) is 25.2. The zero-order chi connectivity index (χ0) is 50.3. The Morgan fingerprint density at radius 3 is 2.38 bits per heavy atom. The molecule has 21 heteroatoms. The van der Waals surface area contributed by atoms with E-state index in [0.717, 1.165) is 16.0 Å². The number of alkyl halides is 3. The first kappa shape index (κ1) is 54.6. The molecule has 0 radical (unpaired) electrons. The van der Waals surface area contributed by atoms with Crippen molar-refractivity contribution in [2.24, 2.45) is 17.3 Å². The predicted octanol–water partition coefficient (Wildman–Crippen LogP) is 6.99. The zero-order valence-electron chi connectivity index (χ0n) is 40.1. The molecule has 68 heavy (non-hydrogen) atoms. The molecule has 3 unspecified atom stereocenters. The molecule has 3 aliphatic heterocycles. The lowest BCUT2D eigenvalue weighted by atomic mass is 9.85. The number of carbonyl (C=O) groups excluding carboxylic acids is 6. The molecule has 4 bridgehead atoms. The fourth-order valence-electron chi connectivity index (χ4n) is 9.06. The van der Waals surface area contributed by atoms with Crippen molar-refractivity contribution in [2.45, 2.75) is 141 Å². The van der Waals surface area contributed by atoms with Crippen LogP contribution in [0.3, 0.4) is 0 Å². The molecular weight excluding hydrogens is 934 g/mol. The standard InChI is InChI=1S/C47H65F3N4O12S2/c1-27-12-10-13-37(63-9)46(61)26-35(64-44(60)51-46)28(2)21-32-25-45(32,5)38(24-41(57)53(7)33-22-31(20-27)23-34(62-8)29(33)3)65-43(59)30(4)52(6)36(47(48,49)50)17-19-68-67-18-11-14-42(58)66-54-39(55)15-16-40(54)56/h10,12-13,22-23,28,30,32,35-38,61H,11,14-21,24-26H2,1-9H3,(H,51,60)/b13-10+,27-12+/t28-,30-,32?,35?,36?,37+,38-,45-,46-/m0/s1. The van der Waals surface area contributed by atoms with Crippen LogP contribution in [-0.4, -0.2) is 133 Å². The number of esters is 1. The number of hydrogen-bond donors (Lipinski definition) is 2. The monoisotopic (exact) mass is 998 g/mol. The lowest BCUT2D eigenvalue weighted by Gasteiger charge is -2.42. The van der Waals surface area contributed by atoms with Crippen molar-refractivity contribution in [3.63, 3.8) is 0 Å². The molecule has 0 spiro atoms. The van der Waals surface area contributed by atoms with Gasteiger partial charge in [0.15, 0.2) is 5.72 Å². The van der Waals surface area contributed by atoms with Crippen LogP contribution in [0.25, 0.3) is 0 Å². The number of ether oxygens (including phenoxy) is 4. The van der Waals surface area contributed by atoms with Gasteiger partial charge in [-0.25, -0.2) is 9.59 Å². The molecule has 378 valence electrons. The zero-order valence-corrected chi connectivity index (χ0v) is 41.8. The quantitative estimate of drug-likeness (QED) is 0.0791. The Balaban J connectivity index is 1.32. The number of anilines is 1. The van der Waals surface area contributed by atoms with Crippen LogP contribution in [0.1, 0.15) is 96.6 Å². The molecule has 1 saturated carbocycles. The summed E-state index contributed by atoms with van der Waals surface area (Å²) in [5.41, 5.74) is 0.398. The Bertz CT molecular complexity index is 2090. The maximum Gasteiger partial charge on any atom is 0.409 e. The predicted molar refractivity (Wildman–Crippen MR) is 249 cm³/mol. The number of amides is 4. The number of alkyl carbamates (subject to hydrolysis) is 1. The van der Waals surface area contributed by atoms with Crippen LogP contribution < -0.4 is 15.0 Å². The van der Waals surface area contributed by atoms with Crippen molar-refractivity contribution >= 4 is 63.0 Å². The van der Waals surface area contributed by atoms with Gasteiger partial charge >= 0.3 is 24.2 Å². The van der Waals surface area contributed by atoms with Gasteiger partial charge in [0.05, 0.1) is 19.2 Å². The first-order chi connectivity index (χ1) is 31.9. The fourth-order valence-corrected chi connectivity index (χ4v) is 11.2. The summed E-state index contributed by atoms with van der Waals surface area (Å²) in [5, 5.41) is 14.8. The number of hydroxylamine groups is 2. The Hall–Kier alpha value is -4.31. The average molecular weight is 999 g/mol. The van der Waals surface area contributed by atoms with Gasteiger partial charge in [-0.15, -0.1) is 5.06 Å². The summed E-state index contributed by atoms with van der Waals surface area (Å²) in [4.78, 5) is 84.1. The van der Waals surface area contributed by atoms with E-state index in [-0.39, 0.29) is 56.1 Å². The van der Waals surface area contributed by atoms with Crippen molar-refractivity contribution in [1.82, 2.24) is 15.3 Å². The van der Waals surface area contributed by atoms with Gasteiger partial charge in [0.1, 0.15) is 36.1 Å². The highest BCUT2D eigenvalue weighted by Gasteiger charge is 2.59. The van der Waals surface area contributed by atoms with Crippen LogP contribution in [0.15, 0.2) is 35.9 Å². The summed E-state index contributed by atoms with van der Waals surface area (Å²) < 4.78 is 67.2. The topological polar surface area (TPSA) is 191 Å². The molecule has 1 aromatic carbocycles. The second-order valence-corrected chi connectivity index (χ2v) is 21.3.